The first-order valence-corrected chi connectivity index (χ1v) is 8.91. The monoisotopic (exact) mass is 377 g/mol. The Kier molecular flexibility index (Phi) is 6.63. The predicted octanol–water partition coefficient (Wildman–Crippen LogP) is 1.57. The topological polar surface area (TPSA) is 92.5 Å². The van der Waals surface area contributed by atoms with Crippen LogP contribution in [0.4, 0.5) is 5.69 Å². The molecule has 0 unspecified atom stereocenters. The van der Waals surface area contributed by atoms with Gasteiger partial charge in [-0.2, -0.15) is 0 Å². The van der Waals surface area contributed by atoms with Crippen LogP contribution < -0.4 is 10.5 Å². The number of hydrogen-bond donors (Lipinski definition) is 2. The number of nitrogen functional groups attached to an aromatic ring is 1. The highest BCUT2D eigenvalue weighted by molar-refractivity contribution is 9.10. The maximum atomic E-state index is 12.1. The zero-order valence-corrected chi connectivity index (χ0v) is 14.5. The lowest BCUT2D eigenvalue weighted by Gasteiger charge is -2.18. The van der Waals surface area contributed by atoms with Gasteiger partial charge in [0.05, 0.1) is 5.69 Å². The van der Waals surface area contributed by atoms with Gasteiger partial charge in [-0.05, 0) is 32.0 Å². The number of nitrogens with zero attached hydrogens (tertiary/aromatic N) is 1. The normalized spacial score (nSPS) is 11.4. The molecule has 1 aromatic rings. The maximum absolute atomic E-state index is 12.1. The minimum Gasteiger partial charge on any atom is -0.398 e. The van der Waals surface area contributed by atoms with Gasteiger partial charge in [-0.15, -0.1) is 0 Å². The molecule has 0 aliphatic rings. The molecule has 1 amide bonds. The van der Waals surface area contributed by atoms with Gasteiger partial charge in [0.25, 0.3) is 0 Å². The molecule has 0 aliphatic heterocycles. The van der Waals surface area contributed by atoms with Crippen LogP contribution in [0, 0.1) is 0 Å². The van der Waals surface area contributed by atoms with Crippen molar-refractivity contribution in [2.24, 2.45) is 0 Å². The summed E-state index contributed by atoms with van der Waals surface area (Å²) in [6, 6.07) is 4.55. The molecule has 0 bridgehead atoms. The van der Waals surface area contributed by atoms with Crippen molar-refractivity contribution in [3.8, 4) is 0 Å². The molecule has 3 N–H and O–H groups in total. The van der Waals surface area contributed by atoms with E-state index in [1.165, 1.54) is 12.1 Å². The third-order valence-electron chi connectivity index (χ3n) is 3.01. The molecular formula is C13H20BrN3O3S. The van der Waals surface area contributed by atoms with E-state index in [1.807, 2.05) is 13.8 Å². The number of sulfonamides is 1. The Balaban J connectivity index is 2.68. The fraction of sp³-hybridized carbons (Fsp3) is 0.462. The molecule has 1 rings (SSSR count). The van der Waals surface area contributed by atoms with Crippen molar-refractivity contribution in [2.75, 3.05) is 25.4 Å². The lowest BCUT2D eigenvalue weighted by Crippen LogP contribution is -2.34. The summed E-state index contributed by atoms with van der Waals surface area (Å²) in [7, 11) is -3.71. The lowest BCUT2D eigenvalue weighted by molar-refractivity contribution is -0.130. The van der Waals surface area contributed by atoms with Crippen LogP contribution in [0.3, 0.4) is 0 Å². The van der Waals surface area contributed by atoms with Gasteiger partial charge >= 0.3 is 0 Å². The average molecular weight is 378 g/mol. The van der Waals surface area contributed by atoms with Crippen molar-refractivity contribution in [2.45, 2.75) is 25.2 Å². The first kappa shape index (κ1) is 17.9. The highest BCUT2D eigenvalue weighted by atomic mass is 79.9. The fourth-order valence-corrected chi connectivity index (χ4v) is 3.39. The highest BCUT2D eigenvalue weighted by Gasteiger charge is 2.18. The molecule has 0 spiro atoms. The molecule has 0 radical (unpaired) electrons. The maximum Gasteiger partial charge on any atom is 0.242 e. The van der Waals surface area contributed by atoms with E-state index in [9.17, 15) is 13.2 Å². The standard InChI is InChI=1S/C13H20BrN3O3S/c1-3-17(4-2)13(18)7-8-16-21(19,20)12-6-5-10(14)9-11(12)15/h5-6,9,16H,3-4,7-8,15H2,1-2H3. The van der Waals surface area contributed by atoms with Crippen LogP contribution in [0.15, 0.2) is 27.6 Å². The predicted molar refractivity (Wildman–Crippen MR) is 86.3 cm³/mol. The van der Waals surface area contributed by atoms with Crippen LogP contribution in [-0.2, 0) is 14.8 Å². The Morgan fingerprint density at radius 3 is 2.48 bits per heavy atom. The summed E-state index contributed by atoms with van der Waals surface area (Å²) in [5.74, 6) is -0.0773. The van der Waals surface area contributed by atoms with E-state index >= 15 is 0 Å². The Morgan fingerprint density at radius 1 is 1.33 bits per heavy atom. The van der Waals surface area contributed by atoms with Crippen molar-refractivity contribution in [3.05, 3.63) is 22.7 Å². The zero-order chi connectivity index (χ0) is 16.0. The average Bonchev–Trinajstić information content (AvgIpc) is 2.39. The highest BCUT2D eigenvalue weighted by Crippen LogP contribution is 2.22. The first-order valence-electron chi connectivity index (χ1n) is 6.64. The second-order valence-electron chi connectivity index (χ2n) is 4.40. The molecule has 0 saturated heterocycles. The van der Waals surface area contributed by atoms with Crippen molar-refractivity contribution in [3.63, 3.8) is 0 Å². The summed E-state index contributed by atoms with van der Waals surface area (Å²) in [4.78, 5) is 13.5. The fourth-order valence-electron chi connectivity index (χ4n) is 1.87. The minimum atomic E-state index is -3.71. The summed E-state index contributed by atoms with van der Waals surface area (Å²) in [6.07, 6.45) is 0.122. The quantitative estimate of drug-likeness (QED) is 0.705. The minimum absolute atomic E-state index is 0.0148. The molecule has 0 atom stereocenters. The molecule has 0 saturated carbocycles. The second-order valence-corrected chi connectivity index (χ2v) is 7.05. The number of anilines is 1. The van der Waals surface area contributed by atoms with Gasteiger partial charge in [0, 0.05) is 30.5 Å². The Labute approximate surface area is 133 Å². The smallest absolute Gasteiger partial charge is 0.242 e. The number of benzene rings is 1. The van der Waals surface area contributed by atoms with E-state index in [1.54, 1.807) is 11.0 Å². The summed E-state index contributed by atoms with van der Waals surface area (Å²) in [5.41, 5.74) is 5.87. The van der Waals surface area contributed by atoms with Crippen LogP contribution in [0.25, 0.3) is 0 Å². The van der Waals surface area contributed by atoms with Crippen molar-refractivity contribution < 1.29 is 13.2 Å². The molecule has 8 heteroatoms. The number of hydrogen-bond acceptors (Lipinski definition) is 4. The molecule has 118 valence electrons. The van der Waals surface area contributed by atoms with Gasteiger partial charge in [-0.1, -0.05) is 15.9 Å². The largest absolute Gasteiger partial charge is 0.398 e. The molecule has 6 nitrogen and oxygen atoms in total. The molecule has 0 aromatic heterocycles. The Hall–Kier alpha value is -1.12. The summed E-state index contributed by atoms with van der Waals surface area (Å²) >= 11 is 3.22. The van der Waals surface area contributed by atoms with Crippen LogP contribution >= 0.6 is 15.9 Å². The number of rotatable bonds is 7. The SMILES string of the molecule is CCN(CC)C(=O)CCNS(=O)(=O)c1ccc(Br)cc1N. The summed E-state index contributed by atoms with van der Waals surface area (Å²) < 4.78 is 27.4. The van der Waals surface area contributed by atoms with Gasteiger partial charge in [-0.25, -0.2) is 13.1 Å². The zero-order valence-electron chi connectivity index (χ0n) is 12.1. The van der Waals surface area contributed by atoms with E-state index in [2.05, 4.69) is 20.7 Å². The van der Waals surface area contributed by atoms with Crippen LogP contribution in [0.2, 0.25) is 0 Å². The summed E-state index contributed by atoms with van der Waals surface area (Å²) in [6.45, 7) is 5.04. The molecular weight excluding hydrogens is 358 g/mol. The number of nitrogens with two attached hydrogens (primary N) is 1. The van der Waals surface area contributed by atoms with Crippen LogP contribution in [0.5, 0.6) is 0 Å². The van der Waals surface area contributed by atoms with Crippen LogP contribution in [0.1, 0.15) is 20.3 Å². The summed E-state index contributed by atoms with van der Waals surface area (Å²) in [5, 5.41) is 0. The van der Waals surface area contributed by atoms with Crippen molar-refractivity contribution >= 4 is 37.5 Å². The van der Waals surface area contributed by atoms with Gasteiger partial charge in [0.2, 0.25) is 15.9 Å². The number of amides is 1. The third kappa shape index (κ3) is 4.98. The van der Waals surface area contributed by atoms with Crippen molar-refractivity contribution in [1.29, 1.82) is 0 Å². The van der Waals surface area contributed by atoms with Crippen LogP contribution in [-0.4, -0.2) is 38.9 Å². The van der Waals surface area contributed by atoms with E-state index in [4.69, 9.17) is 5.73 Å². The number of carbonyl (C=O) groups is 1. The van der Waals surface area contributed by atoms with E-state index < -0.39 is 10.0 Å². The van der Waals surface area contributed by atoms with E-state index in [-0.39, 0.29) is 29.5 Å². The molecule has 0 aliphatic carbocycles. The third-order valence-corrected chi connectivity index (χ3v) is 5.04. The van der Waals surface area contributed by atoms with Gasteiger partial charge in [0.1, 0.15) is 4.90 Å². The first-order chi connectivity index (χ1) is 9.81. The molecule has 1 aromatic carbocycles. The molecule has 21 heavy (non-hydrogen) atoms. The van der Waals surface area contributed by atoms with Gasteiger partial charge in [0.15, 0.2) is 0 Å². The second kappa shape index (κ2) is 7.77. The van der Waals surface area contributed by atoms with Crippen molar-refractivity contribution in [1.82, 2.24) is 9.62 Å². The molecule has 0 fully saturated rings. The Bertz CT molecular complexity index is 601. The Morgan fingerprint density at radius 2 is 1.95 bits per heavy atom. The number of halogens is 1. The van der Waals surface area contributed by atoms with E-state index in [0.29, 0.717) is 17.6 Å². The molecule has 0 heterocycles. The van der Waals surface area contributed by atoms with Gasteiger partial charge in [-0.3, -0.25) is 4.79 Å². The number of nitrogens with one attached hydrogen (secondary N) is 1. The van der Waals surface area contributed by atoms with Gasteiger partial charge < -0.3 is 10.6 Å². The van der Waals surface area contributed by atoms with E-state index in [0.717, 1.165) is 0 Å². The number of carbonyl (C=O) groups excluding carboxylic acids is 1. The lowest BCUT2D eigenvalue weighted by atomic mass is 10.3.